The molecule has 0 aromatic carbocycles. The number of methoxy groups -OCH3 is 1. The summed E-state index contributed by atoms with van der Waals surface area (Å²) in [6.45, 7) is 4.73. The minimum atomic E-state index is -4.40. The largest absolute Gasteiger partial charge is 0.382 e. The average Bonchev–Trinajstić information content (AvgIpc) is 2.99. The first-order chi connectivity index (χ1) is 14.8. The molecule has 1 fully saturated rings. The van der Waals surface area contributed by atoms with E-state index in [-0.39, 0.29) is 25.2 Å². The number of carbonyl (C=O) groups is 1. The number of carbonyl (C=O) groups excluding carboxylic acids is 1. The SMILES string of the molecule is COCCOC1C(OP(=O)(O)C(C)C)C(CCP(=O)(O)O)OC1N1C=C(C)C(=O)NC1O. The molecule has 0 aromatic rings. The van der Waals surface area contributed by atoms with Crippen LogP contribution in [-0.2, 0) is 32.7 Å². The summed E-state index contributed by atoms with van der Waals surface area (Å²) >= 11 is 0. The lowest BCUT2D eigenvalue weighted by molar-refractivity contribution is -0.160. The minimum absolute atomic E-state index is 0.0441. The summed E-state index contributed by atoms with van der Waals surface area (Å²) in [7, 11) is -7.09. The molecule has 2 heterocycles. The monoisotopic (exact) mass is 502 g/mol. The predicted molar refractivity (Wildman–Crippen MR) is 111 cm³/mol. The lowest BCUT2D eigenvalue weighted by atomic mass is 10.1. The molecular weight excluding hydrogens is 470 g/mol. The van der Waals surface area contributed by atoms with Gasteiger partial charge in [0, 0.05) is 18.9 Å². The molecule has 6 unspecified atom stereocenters. The highest BCUT2D eigenvalue weighted by atomic mass is 31.2. The van der Waals surface area contributed by atoms with Gasteiger partial charge in [0.1, 0.15) is 12.2 Å². The average molecular weight is 502 g/mol. The summed E-state index contributed by atoms with van der Waals surface area (Å²) in [5.41, 5.74) is -0.494. The van der Waals surface area contributed by atoms with Crippen LogP contribution in [0, 0.1) is 0 Å². The molecule has 15 heteroatoms. The van der Waals surface area contributed by atoms with Crippen molar-refractivity contribution in [3.8, 4) is 0 Å². The van der Waals surface area contributed by atoms with Crippen LogP contribution in [0.4, 0.5) is 0 Å². The van der Waals surface area contributed by atoms with Crippen molar-refractivity contribution in [3.63, 3.8) is 0 Å². The Morgan fingerprint density at radius 1 is 1.22 bits per heavy atom. The van der Waals surface area contributed by atoms with Crippen LogP contribution in [-0.4, -0.2) is 93.6 Å². The number of hydrogen-bond acceptors (Lipinski definition) is 9. The number of hydrogen-bond donors (Lipinski definition) is 5. The summed E-state index contributed by atoms with van der Waals surface area (Å²) in [5, 5.41) is 12.7. The summed E-state index contributed by atoms with van der Waals surface area (Å²) in [6, 6.07) is 0. The van der Waals surface area contributed by atoms with E-state index < -0.39 is 63.8 Å². The van der Waals surface area contributed by atoms with Gasteiger partial charge in [0.2, 0.25) is 6.35 Å². The molecule has 0 radical (unpaired) electrons. The molecule has 2 aliphatic heterocycles. The first-order valence-electron chi connectivity index (χ1n) is 10.0. The van der Waals surface area contributed by atoms with E-state index in [4.69, 9.17) is 18.7 Å². The van der Waals surface area contributed by atoms with Gasteiger partial charge < -0.3 is 44.2 Å². The topological polar surface area (TPSA) is 184 Å². The highest BCUT2D eigenvalue weighted by Crippen LogP contribution is 2.51. The van der Waals surface area contributed by atoms with Crippen LogP contribution in [0.2, 0.25) is 0 Å². The second kappa shape index (κ2) is 11.1. The van der Waals surface area contributed by atoms with Gasteiger partial charge in [0.05, 0.1) is 31.1 Å². The maximum atomic E-state index is 12.6. The van der Waals surface area contributed by atoms with E-state index >= 15 is 0 Å². The Balaban J connectivity index is 2.41. The Kier molecular flexibility index (Phi) is 9.46. The van der Waals surface area contributed by atoms with Crippen molar-refractivity contribution in [2.24, 2.45) is 0 Å². The van der Waals surface area contributed by atoms with Gasteiger partial charge >= 0.3 is 15.2 Å². The lowest BCUT2D eigenvalue weighted by Gasteiger charge is -2.38. The predicted octanol–water partition coefficient (Wildman–Crippen LogP) is -0.0988. The van der Waals surface area contributed by atoms with Crippen molar-refractivity contribution < 1.29 is 52.4 Å². The van der Waals surface area contributed by atoms with Crippen LogP contribution in [0.3, 0.4) is 0 Å². The van der Waals surface area contributed by atoms with Crippen molar-refractivity contribution in [1.82, 2.24) is 10.2 Å². The van der Waals surface area contributed by atoms with Crippen molar-refractivity contribution in [2.75, 3.05) is 26.5 Å². The van der Waals surface area contributed by atoms with Gasteiger partial charge in [-0.05, 0) is 13.3 Å². The molecule has 2 rings (SSSR count). The smallest absolute Gasteiger partial charge is 0.331 e. The zero-order chi connectivity index (χ0) is 24.3. The number of aliphatic hydroxyl groups excluding tert-OH is 1. The molecule has 0 aliphatic carbocycles. The third-order valence-corrected chi connectivity index (χ3v) is 7.74. The molecule has 0 spiro atoms. The molecule has 5 N–H and O–H groups in total. The van der Waals surface area contributed by atoms with E-state index in [1.165, 1.54) is 39.0 Å². The molecule has 1 saturated heterocycles. The van der Waals surface area contributed by atoms with Crippen molar-refractivity contribution in [3.05, 3.63) is 11.8 Å². The minimum Gasteiger partial charge on any atom is -0.382 e. The summed E-state index contributed by atoms with van der Waals surface area (Å²) in [6.07, 6.45) is -5.29. The van der Waals surface area contributed by atoms with Crippen LogP contribution < -0.4 is 5.32 Å². The summed E-state index contributed by atoms with van der Waals surface area (Å²) in [5.74, 6) is -0.492. The van der Waals surface area contributed by atoms with Crippen molar-refractivity contribution in [1.29, 1.82) is 0 Å². The van der Waals surface area contributed by atoms with E-state index in [2.05, 4.69) is 5.32 Å². The molecule has 32 heavy (non-hydrogen) atoms. The molecular formula is C17H32N2O11P2. The summed E-state index contributed by atoms with van der Waals surface area (Å²) in [4.78, 5) is 42.0. The van der Waals surface area contributed by atoms with Crippen LogP contribution in [0.1, 0.15) is 27.2 Å². The number of ether oxygens (including phenoxy) is 3. The van der Waals surface area contributed by atoms with Crippen LogP contribution in [0.25, 0.3) is 0 Å². The standard InChI is InChI=1S/C17H32N2O11P2/c1-10(2)32(25,26)30-13-12(5-8-31(22,23)24)29-16(14(13)28-7-6-27-4)19-9-11(3)15(20)18-17(19)21/h9-10,12-14,16-17,21H,5-8H2,1-4H3,(H,18,20)(H,25,26)(H2,22,23,24). The van der Waals surface area contributed by atoms with Gasteiger partial charge in [0.15, 0.2) is 6.23 Å². The third-order valence-electron chi connectivity index (χ3n) is 5.05. The molecule has 0 aromatic heterocycles. The quantitative estimate of drug-likeness (QED) is 0.187. The van der Waals surface area contributed by atoms with E-state index in [0.29, 0.717) is 0 Å². The highest BCUT2D eigenvalue weighted by Gasteiger charge is 2.52. The lowest BCUT2D eigenvalue weighted by Crippen LogP contribution is -2.57. The Labute approximate surface area is 186 Å². The number of rotatable bonds is 11. The Hall–Kier alpha value is -0.850. The maximum Gasteiger partial charge on any atom is 0.331 e. The normalized spacial score (nSPS) is 30.9. The van der Waals surface area contributed by atoms with Gasteiger partial charge in [-0.15, -0.1) is 0 Å². The van der Waals surface area contributed by atoms with Crippen molar-refractivity contribution in [2.45, 2.75) is 63.7 Å². The van der Waals surface area contributed by atoms with E-state index in [9.17, 15) is 33.7 Å². The second-order valence-corrected chi connectivity index (χ2v) is 12.1. The Bertz CT molecular complexity index is 786. The van der Waals surface area contributed by atoms with E-state index in [0.717, 1.165) is 0 Å². The first kappa shape index (κ1) is 27.4. The van der Waals surface area contributed by atoms with E-state index in [1.54, 1.807) is 0 Å². The van der Waals surface area contributed by atoms with Crippen LogP contribution in [0.5, 0.6) is 0 Å². The van der Waals surface area contributed by atoms with Gasteiger partial charge in [-0.3, -0.25) is 18.4 Å². The third kappa shape index (κ3) is 7.07. The second-order valence-electron chi connectivity index (χ2n) is 7.90. The Morgan fingerprint density at radius 3 is 2.44 bits per heavy atom. The number of amides is 1. The van der Waals surface area contributed by atoms with Gasteiger partial charge in [0.25, 0.3) is 5.91 Å². The molecule has 186 valence electrons. The molecule has 1 amide bonds. The molecule has 0 saturated carbocycles. The molecule has 6 atom stereocenters. The highest BCUT2D eigenvalue weighted by molar-refractivity contribution is 7.53. The van der Waals surface area contributed by atoms with Crippen LogP contribution >= 0.6 is 15.2 Å². The zero-order valence-corrected chi connectivity index (χ0v) is 20.1. The molecule has 0 bridgehead atoms. The number of aliphatic hydroxyl groups is 1. The van der Waals surface area contributed by atoms with Crippen LogP contribution in [0.15, 0.2) is 11.8 Å². The number of nitrogens with one attached hydrogen (secondary N) is 1. The first-order valence-corrected chi connectivity index (χ1v) is 13.5. The maximum absolute atomic E-state index is 12.6. The fraction of sp³-hybridized carbons (Fsp3) is 0.824. The van der Waals surface area contributed by atoms with Gasteiger partial charge in [-0.2, -0.15) is 0 Å². The van der Waals surface area contributed by atoms with E-state index in [1.807, 2.05) is 0 Å². The van der Waals surface area contributed by atoms with Gasteiger partial charge in [-0.1, -0.05) is 13.8 Å². The summed E-state index contributed by atoms with van der Waals surface area (Å²) < 4.78 is 46.4. The zero-order valence-electron chi connectivity index (χ0n) is 18.4. The molecule has 2 aliphatic rings. The fourth-order valence-corrected chi connectivity index (χ4v) is 4.65. The Morgan fingerprint density at radius 2 is 1.88 bits per heavy atom. The fourth-order valence-electron chi connectivity index (χ4n) is 3.22. The molecule has 13 nitrogen and oxygen atoms in total. The van der Waals surface area contributed by atoms with Gasteiger partial charge in [-0.25, -0.2) is 0 Å². The number of nitrogens with zero attached hydrogens (tertiary/aromatic N) is 1. The van der Waals surface area contributed by atoms with Crippen molar-refractivity contribution >= 4 is 21.1 Å².